The Labute approximate surface area is 244 Å². The number of aromatic nitrogens is 2. The largest absolute Gasteiger partial charge is 0.493 e. The molecule has 0 radical (unpaired) electrons. The number of carbonyl (C=O) groups excluding carboxylic acids is 1. The molecular formula is C30H39F2N5O5. The highest BCUT2D eigenvalue weighted by molar-refractivity contribution is 5.92. The van der Waals surface area contributed by atoms with Crippen LogP contribution in [0.4, 0.5) is 25.1 Å². The molecule has 3 aromatic rings. The number of ether oxygens (including phenoxy) is 4. The minimum absolute atomic E-state index is 0.216. The summed E-state index contributed by atoms with van der Waals surface area (Å²) in [6.45, 7) is 9.20. The number of nitrogens with zero attached hydrogens (tertiary/aromatic N) is 3. The molecule has 4 rings (SSSR count). The van der Waals surface area contributed by atoms with E-state index >= 15 is 0 Å². The molecule has 2 atom stereocenters. The molecular weight excluding hydrogens is 548 g/mol. The summed E-state index contributed by atoms with van der Waals surface area (Å²) in [6.07, 6.45) is -0.0310. The fourth-order valence-corrected chi connectivity index (χ4v) is 4.80. The molecule has 42 heavy (non-hydrogen) atoms. The number of carbonyl (C=O) groups is 1. The van der Waals surface area contributed by atoms with Crippen molar-refractivity contribution in [2.75, 3.05) is 45.0 Å². The lowest BCUT2D eigenvalue weighted by Crippen LogP contribution is -2.36. The third-order valence-electron chi connectivity index (χ3n) is 6.76. The molecule has 2 heterocycles. The van der Waals surface area contributed by atoms with Gasteiger partial charge in [-0.05, 0) is 64.4 Å². The Bertz CT molecular complexity index is 1450. The van der Waals surface area contributed by atoms with Gasteiger partial charge < -0.3 is 34.9 Å². The van der Waals surface area contributed by atoms with Gasteiger partial charge in [-0.15, -0.1) is 0 Å². The van der Waals surface area contributed by atoms with Crippen LogP contribution in [-0.4, -0.2) is 66.6 Å². The summed E-state index contributed by atoms with van der Waals surface area (Å²) in [5.41, 5.74) is 6.57. The van der Waals surface area contributed by atoms with E-state index in [2.05, 4.69) is 15.3 Å². The third kappa shape index (κ3) is 7.28. The smallest absolute Gasteiger partial charge is 0.410 e. The van der Waals surface area contributed by atoms with Crippen molar-refractivity contribution in [2.45, 2.75) is 64.7 Å². The highest BCUT2D eigenvalue weighted by Crippen LogP contribution is 2.37. The normalized spacial score (nSPS) is 16.4. The van der Waals surface area contributed by atoms with Gasteiger partial charge >= 0.3 is 6.09 Å². The number of fused-ring (bicyclic) bond motifs is 1. The number of nitrogens with one attached hydrogen (secondary N) is 1. The van der Waals surface area contributed by atoms with E-state index < -0.39 is 24.2 Å². The molecule has 1 aliphatic rings. The van der Waals surface area contributed by atoms with Crippen LogP contribution in [0.1, 0.15) is 57.1 Å². The zero-order valence-electron chi connectivity index (χ0n) is 25.1. The van der Waals surface area contributed by atoms with E-state index in [1.807, 2.05) is 27.7 Å². The zero-order chi connectivity index (χ0) is 30.8. The molecule has 0 bridgehead atoms. The van der Waals surface area contributed by atoms with Crippen LogP contribution in [0.25, 0.3) is 10.9 Å². The lowest BCUT2D eigenvalue weighted by atomic mass is 10.00. The molecule has 0 aliphatic carbocycles. The molecule has 1 saturated heterocycles. The van der Waals surface area contributed by atoms with Crippen molar-refractivity contribution in [3.05, 3.63) is 47.3 Å². The second kappa shape index (κ2) is 12.1. The molecule has 0 unspecified atom stereocenters. The number of aryl methyl sites for hydroxylation is 1. The fourth-order valence-electron chi connectivity index (χ4n) is 4.80. The number of methoxy groups -OCH3 is 2. The van der Waals surface area contributed by atoms with E-state index in [9.17, 15) is 13.6 Å². The Kier molecular flexibility index (Phi) is 8.95. The summed E-state index contributed by atoms with van der Waals surface area (Å²) < 4.78 is 51.3. The molecule has 12 heteroatoms. The van der Waals surface area contributed by atoms with Gasteiger partial charge in [0.15, 0.2) is 11.5 Å². The van der Waals surface area contributed by atoms with Crippen LogP contribution in [0.15, 0.2) is 30.3 Å². The number of nitrogen functional groups attached to an aromatic ring is 1. The van der Waals surface area contributed by atoms with Crippen molar-refractivity contribution in [1.82, 2.24) is 14.9 Å². The fraction of sp³-hybridized carbons (Fsp3) is 0.500. The molecule has 3 N–H and O–H groups in total. The number of halogens is 2. The van der Waals surface area contributed by atoms with E-state index in [1.165, 1.54) is 19.2 Å². The van der Waals surface area contributed by atoms with Gasteiger partial charge in [-0.25, -0.2) is 14.8 Å². The van der Waals surface area contributed by atoms with E-state index in [4.69, 9.17) is 24.7 Å². The van der Waals surface area contributed by atoms with Crippen molar-refractivity contribution in [2.24, 2.45) is 0 Å². The second-order valence-corrected chi connectivity index (χ2v) is 11.5. The quantitative estimate of drug-likeness (QED) is 0.298. The maximum absolute atomic E-state index is 14.6. The number of hydrogen-bond donors (Lipinski definition) is 2. The van der Waals surface area contributed by atoms with E-state index in [0.717, 1.165) is 0 Å². The number of amides is 1. The average Bonchev–Trinajstić information content (AvgIpc) is 3.36. The second-order valence-electron chi connectivity index (χ2n) is 11.5. The Morgan fingerprint density at radius 3 is 2.55 bits per heavy atom. The molecule has 10 nitrogen and oxygen atoms in total. The van der Waals surface area contributed by atoms with Crippen molar-refractivity contribution in [3.63, 3.8) is 0 Å². The monoisotopic (exact) mass is 587 g/mol. The molecule has 0 spiro atoms. The van der Waals surface area contributed by atoms with Gasteiger partial charge in [0.2, 0.25) is 0 Å². The minimum Gasteiger partial charge on any atom is -0.493 e. The summed E-state index contributed by atoms with van der Waals surface area (Å²) in [7, 11) is 2.77. The molecule has 1 aromatic heterocycles. The van der Waals surface area contributed by atoms with E-state index in [-0.39, 0.29) is 23.4 Å². The number of benzene rings is 2. The van der Waals surface area contributed by atoms with Crippen molar-refractivity contribution in [1.29, 1.82) is 0 Å². The van der Waals surface area contributed by atoms with Crippen LogP contribution in [0.3, 0.4) is 0 Å². The highest BCUT2D eigenvalue weighted by Gasteiger charge is 2.33. The number of likely N-dealkylation sites (tertiary alicyclic amines) is 1. The third-order valence-corrected chi connectivity index (χ3v) is 6.76. The molecule has 1 amide bonds. The molecule has 228 valence electrons. The van der Waals surface area contributed by atoms with Gasteiger partial charge in [0.25, 0.3) is 5.92 Å². The van der Waals surface area contributed by atoms with Gasteiger partial charge in [-0.2, -0.15) is 8.78 Å². The molecule has 1 fully saturated rings. The summed E-state index contributed by atoms with van der Waals surface area (Å²) in [5, 5.41) is 3.99. The number of rotatable bonds is 9. The van der Waals surface area contributed by atoms with E-state index in [0.29, 0.717) is 59.1 Å². The highest BCUT2D eigenvalue weighted by atomic mass is 19.3. The van der Waals surface area contributed by atoms with Gasteiger partial charge in [0.05, 0.1) is 25.2 Å². The van der Waals surface area contributed by atoms with Crippen LogP contribution in [0.2, 0.25) is 0 Å². The number of hydrogen-bond acceptors (Lipinski definition) is 9. The first-order valence-corrected chi connectivity index (χ1v) is 13.7. The standard InChI is InChI=1S/C30H39F2N5O5/c1-17(19-10-20(12-21(33)11-19)30(31,32)16-39-6)34-27-23-13-26(25(40-7)14-24(23)35-18(2)36-27)41-22-8-9-37(15-22)28(38)42-29(3,4)5/h10-14,17,22H,8-9,15-16,33H2,1-7H3,(H,34,35,36)/t17-,22-/m1/s1. The topological polar surface area (TPSA) is 121 Å². The first kappa shape index (κ1) is 31.0. The number of anilines is 2. The lowest BCUT2D eigenvalue weighted by molar-refractivity contribution is -0.0698. The first-order chi connectivity index (χ1) is 19.7. The first-order valence-electron chi connectivity index (χ1n) is 13.7. The van der Waals surface area contributed by atoms with Gasteiger partial charge in [0, 0.05) is 42.8 Å². The summed E-state index contributed by atoms with van der Waals surface area (Å²) in [5.74, 6) is -1.24. The molecule has 0 saturated carbocycles. The van der Waals surface area contributed by atoms with Crippen LogP contribution in [0, 0.1) is 6.92 Å². The summed E-state index contributed by atoms with van der Waals surface area (Å²) in [6, 6.07) is 7.43. The Balaban J connectivity index is 1.61. The van der Waals surface area contributed by atoms with Gasteiger partial charge in [0.1, 0.15) is 30.0 Å². The van der Waals surface area contributed by atoms with Crippen LogP contribution >= 0.6 is 0 Å². The Morgan fingerprint density at radius 1 is 1.14 bits per heavy atom. The Morgan fingerprint density at radius 2 is 1.88 bits per heavy atom. The van der Waals surface area contributed by atoms with Crippen LogP contribution in [0.5, 0.6) is 11.5 Å². The average molecular weight is 588 g/mol. The van der Waals surface area contributed by atoms with Gasteiger partial charge in [-0.3, -0.25) is 0 Å². The minimum atomic E-state index is -3.20. The number of alkyl halides is 2. The maximum atomic E-state index is 14.6. The van der Waals surface area contributed by atoms with Crippen molar-refractivity contribution >= 4 is 28.5 Å². The predicted octanol–water partition coefficient (Wildman–Crippen LogP) is 5.83. The van der Waals surface area contributed by atoms with Gasteiger partial charge in [-0.1, -0.05) is 0 Å². The lowest BCUT2D eigenvalue weighted by Gasteiger charge is -2.24. The summed E-state index contributed by atoms with van der Waals surface area (Å²) in [4.78, 5) is 23.3. The van der Waals surface area contributed by atoms with E-state index in [1.54, 1.807) is 37.1 Å². The van der Waals surface area contributed by atoms with Crippen molar-refractivity contribution < 1.29 is 32.5 Å². The summed E-state index contributed by atoms with van der Waals surface area (Å²) >= 11 is 0. The SMILES string of the molecule is COCC(F)(F)c1cc(N)cc([C@@H](C)Nc2nc(C)nc3cc(OC)c(O[C@@H]4CCN(C(=O)OC(C)(C)C)C4)cc23)c1. The zero-order valence-corrected chi connectivity index (χ0v) is 25.1. The predicted molar refractivity (Wildman–Crippen MR) is 156 cm³/mol. The number of nitrogens with two attached hydrogens (primary N) is 1. The van der Waals surface area contributed by atoms with Crippen molar-refractivity contribution in [3.8, 4) is 11.5 Å². The molecule has 2 aromatic carbocycles. The van der Waals surface area contributed by atoms with Crippen LogP contribution < -0.4 is 20.5 Å². The maximum Gasteiger partial charge on any atom is 0.410 e. The molecule has 1 aliphatic heterocycles. The Hall–Kier alpha value is -3.93. The van der Waals surface area contributed by atoms with Crippen LogP contribution in [-0.2, 0) is 15.4 Å².